The summed E-state index contributed by atoms with van der Waals surface area (Å²) in [5, 5.41) is 12.6. The summed E-state index contributed by atoms with van der Waals surface area (Å²) in [4.78, 5) is 16.5. The van der Waals surface area contributed by atoms with Crippen molar-refractivity contribution in [3.8, 4) is 0 Å². The first kappa shape index (κ1) is 37.8. The fourth-order valence-corrected chi connectivity index (χ4v) is 8.28. The summed E-state index contributed by atoms with van der Waals surface area (Å²) < 4.78 is 43.0. The van der Waals surface area contributed by atoms with Crippen LogP contribution in [-0.2, 0) is 37.3 Å². The molecule has 0 unspecified atom stereocenters. The number of aryl methyl sites for hydroxylation is 1. The third-order valence-electron chi connectivity index (χ3n) is 10.2. The average molecular weight is 726 g/mol. The summed E-state index contributed by atoms with van der Waals surface area (Å²) in [5.74, 6) is -0.419. The topological polar surface area (TPSA) is 117 Å². The van der Waals surface area contributed by atoms with E-state index in [-0.39, 0.29) is 36.0 Å². The molecule has 276 valence electrons. The Morgan fingerprint density at radius 3 is 2.21 bits per heavy atom. The smallest absolute Gasteiger partial charge is 0.242 e. The molecule has 2 heterocycles. The third-order valence-corrected chi connectivity index (χ3v) is 11.7. The molecule has 9 nitrogen and oxygen atoms in total. The van der Waals surface area contributed by atoms with Gasteiger partial charge in [0.05, 0.1) is 23.7 Å². The summed E-state index contributed by atoms with van der Waals surface area (Å²) >= 11 is 0. The number of carbonyl (C=O) groups is 1. The Bertz CT molecular complexity index is 1850. The van der Waals surface area contributed by atoms with Gasteiger partial charge in [-0.25, -0.2) is 8.42 Å². The second-order valence-corrected chi connectivity index (χ2v) is 15.9. The second kappa shape index (κ2) is 17.7. The van der Waals surface area contributed by atoms with Gasteiger partial charge in [0.25, 0.3) is 0 Å². The highest BCUT2D eigenvalue weighted by Crippen LogP contribution is 2.42. The molecular weight excluding hydrogens is 675 g/mol. The Morgan fingerprint density at radius 1 is 0.827 bits per heavy atom. The van der Waals surface area contributed by atoms with Gasteiger partial charge < -0.3 is 24.8 Å². The molecule has 0 spiro atoms. The van der Waals surface area contributed by atoms with E-state index in [0.717, 1.165) is 47.5 Å². The molecule has 2 aliphatic rings. The summed E-state index contributed by atoms with van der Waals surface area (Å²) in [6.45, 7) is 6.94. The lowest BCUT2D eigenvalue weighted by Gasteiger charge is -2.43. The van der Waals surface area contributed by atoms with Crippen molar-refractivity contribution in [3.63, 3.8) is 0 Å². The number of hydrogen-bond acceptors (Lipinski definition) is 7. The van der Waals surface area contributed by atoms with Gasteiger partial charge in [-0.3, -0.25) is 4.79 Å². The van der Waals surface area contributed by atoms with Crippen LogP contribution in [0.4, 0.5) is 5.69 Å². The lowest BCUT2D eigenvalue weighted by Crippen LogP contribution is -2.45. The number of ether oxygens (including phenoxy) is 2. The molecule has 6 rings (SSSR count). The Kier molecular flexibility index (Phi) is 12.9. The molecule has 0 bridgehead atoms. The number of sulfonamides is 1. The van der Waals surface area contributed by atoms with Crippen LogP contribution in [0.2, 0.25) is 0 Å². The molecule has 0 saturated carbocycles. The van der Waals surface area contributed by atoms with E-state index in [9.17, 15) is 18.3 Å². The second-order valence-electron chi connectivity index (χ2n) is 14.2. The van der Waals surface area contributed by atoms with E-state index in [2.05, 4.69) is 21.9 Å². The van der Waals surface area contributed by atoms with Gasteiger partial charge in [0.1, 0.15) is 6.04 Å². The molecule has 3 N–H and O–H groups in total. The minimum absolute atomic E-state index is 0.0250. The number of nitrogens with zero attached hydrogens (tertiary/aromatic N) is 1. The summed E-state index contributed by atoms with van der Waals surface area (Å²) in [6.07, 6.45) is 5.27. The van der Waals surface area contributed by atoms with Crippen molar-refractivity contribution in [3.05, 3.63) is 131 Å². The number of anilines is 1. The predicted molar refractivity (Wildman–Crippen MR) is 203 cm³/mol. The zero-order valence-electron chi connectivity index (χ0n) is 30.1. The highest BCUT2D eigenvalue weighted by Gasteiger charge is 2.39. The minimum atomic E-state index is -3.99. The molecule has 4 aromatic rings. The molecule has 0 radical (unpaired) electrons. The maximum atomic E-state index is 13.9. The summed E-state index contributed by atoms with van der Waals surface area (Å²) in [5.41, 5.74) is 4.87. The number of aliphatic hydroxyl groups is 1. The van der Waals surface area contributed by atoms with Gasteiger partial charge in [-0.05, 0) is 80.2 Å². The highest BCUT2D eigenvalue weighted by atomic mass is 32.2. The number of rotatable bonds is 12. The van der Waals surface area contributed by atoms with Crippen LogP contribution in [0.1, 0.15) is 79.2 Å². The maximum Gasteiger partial charge on any atom is 0.242 e. The Balaban J connectivity index is 1.23. The van der Waals surface area contributed by atoms with Crippen LogP contribution in [0.3, 0.4) is 0 Å². The van der Waals surface area contributed by atoms with Crippen LogP contribution >= 0.6 is 0 Å². The quantitative estimate of drug-likeness (QED) is 0.143. The monoisotopic (exact) mass is 725 g/mol. The largest absolute Gasteiger partial charge is 0.392 e. The standard InChI is InChI=1S/C42H51N3O6S/c1-30-16-22-37(23-17-30)52(48,49)44-38(26-32-12-7-6-8-13-32)41(47)43-36-15-11-14-35(27-36)42-50-39(28-45-24-9-4-3-5-10-25-45)31(2)40(51-42)34-20-18-33(29-46)19-21-34/h6-8,11-23,27,31,38-40,42,44,46H,3-5,9-10,24-26,28-29H2,1-2H3,(H,43,47)/t31-,38-,39+,40+,42+/m1/s1. The van der Waals surface area contributed by atoms with Crippen molar-refractivity contribution in [2.75, 3.05) is 25.0 Å². The number of hydrogen-bond donors (Lipinski definition) is 3. The van der Waals surface area contributed by atoms with Crippen molar-refractivity contribution in [1.82, 2.24) is 9.62 Å². The Morgan fingerprint density at radius 2 is 1.52 bits per heavy atom. The van der Waals surface area contributed by atoms with Gasteiger partial charge in [-0.1, -0.05) is 111 Å². The van der Waals surface area contributed by atoms with Gasteiger partial charge in [0.15, 0.2) is 6.29 Å². The lowest BCUT2D eigenvalue weighted by molar-refractivity contribution is -0.276. The summed E-state index contributed by atoms with van der Waals surface area (Å²) in [6, 6.07) is 30.1. The van der Waals surface area contributed by atoms with E-state index in [0.29, 0.717) is 5.69 Å². The molecule has 2 saturated heterocycles. The number of likely N-dealkylation sites (tertiary alicyclic amines) is 1. The van der Waals surface area contributed by atoms with Gasteiger partial charge in [0.2, 0.25) is 15.9 Å². The first-order valence-electron chi connectivity index (χ1n) is 18.5. The van der Waals surface area contributed by atoms with Gasteiger partial charge in [-0.15, -0.1) is 0 Å². The molecule has 10 heteroatoms. The van der Waals surface area contributed by atoms with Gasteiger partial charge in [0, 0.05) is 23.7 Å². The molecule has 1 amide bonds. The Hall–Kier alpha value is -3.90. The zero-order chi connectivity index (χ0) is 36.5. The number of amides is 1. The normalized spacial score (nSPS) is 22.2. The number of nitrogens with one attached hydrogen (secondary N) is 2. The summed E-state index contributed by atoms with van der Waals surface area (Å²) in [7, 11) is -3.99. The van der Waals surface area contributed by atoms with Crippen LogP contribution in [0.25, 0.3) is 0 Å². The van der Waals surface area contributed by atoms with Crippen LogP contribution in [0, 0.1) is 12.8 Å². The van der Waals surface area contributed by atoms with E-state index in [1.54, 1.807) is 30.3 Å². The number of aliphatic hydroxyl groups excluding tert-OH is 1. The predicted octanol–water partition coefficient (Wildman–Crippen LogP) is 7.07. The SMILES string of the molecule is Cc1ccc(S(=O)(=O)N[C@H](Cc2ccccc2)C(=O)Nc2cccc([C@H]3O[C@@H](CN4CCCCCCC4)[C@@H](C)[C@@H](c4ccc(CO)cc4)O3)c2)cc1. The van der Waals surface area contributed by atoms with E-state index in [4.69, 9.17) is 9.47 Å². The number of carbonyl (C=O) groups excluding carboxylic acids is 1. The fourth-order valence-electron chi connectivity index (χ4n) is 7.08. The van der Waals surface area contributed by atoms with Gasteiger partial charge >= 0.3 is 0 Å². The first-order chi connectivity index (χ1) is 25.2. The fraction of sp³-hybridized carbons (Fsp3) is 0.405. The van der Waals surface area contributed by atoms with E-state index < -0.39 is 28.3 Å². The molecule has 52 heavy (non-hydrogen) atoms. The average Bonchev–Trinajstić information content (AvgIpc) is 3.14. The third kappa shape index (κ3) is 9.95. The highest BCUT2D eigenvalue weighted by molar-refractivity contribution is 7.89. The van der Waals surface area contributed by atoms with Crippen LogP contribution in [0.5, 0.6) is 0 Å². The van der Waals surface area contributed by atoms with Crippen molar-refractivity contribution in [2.24, 2.45) is 5.92 Å². The zero-order valence-corrected chi connectivity index (χ0v) is 30.9. The van der Waals surface area contributed by atoms with E-state index in [1.807, 2.05) is 79.7 Å². The van der Waals surface area contributed by atoms with Crippen LogP contribution in [-0.4, -0.2) is 56.1 Å². The maximum absolute atomic E-state index is 13.9. The van der Waals surface area contributed by atoms with Crippen LogP contribution < -0.4 is 10.0 Å². The Labute approximate surface area is 308 Å². The van der Waals surface area contributed by atoms with Crippen molar-refractivity contribution in [2.45, 2.75) is 88.4 Å². The van der Waals surface area contributed by atoms with Gasteiger partial charge in [-0.2, -0.15) is 4.72 Å². The van der Waals surface area contributed by atoms with E-state index >= 15 is 0 Å². The molecule has 4 aromatic carbocycles. The molecule has 0 aliphatic carbocycles. The van der Waals surface area contributed by atoms with Crippen LogP contribution in [0.15, 0.2) is 108 Å². The minimum Gasteiger partial charge on any atom is -0.392 e. The molecule has 0 aromatic heterocycles. The molecule has 2 aliphatic heterocycles. The molecule has 2 fully saturated rings. The first-order valence-corrected chi connectivity index (χ1v) is 19.9. The van der Waals surface area contributed by atoms with Crippen molar-refractivity contribution in [1.29, 1.82) is 0 Å². The lowest BCUT2D eigenvalue weighted by atomic mass is 9.89. The van der Waals surface area contributed by atoms with Crippen molar-refractivity contribution >= 4 is 21.6 Å². The van der Waals surface area contributed by atoms with Crippen molar-refractivity contribution < 1.29 is 27.8 Å². The number of benzene rings is 4. The molecular formula is C42H51N3O6S. The molecule has 5 atom stereocenters. The van der Waals surface area contributed by atoms with E-state index in [1.165, 1.54) is 32.1 Å².